The summed E-state index contributed by atoms with van der Waals surface area (Å²) in [5, 5.41) is 11.9. The van der Waals surface area contributed by atoms with Crippen molar-refractivity contribution in [2.45, 2.75) is 18.5 Å². The molecule has 2 heterocycles. The van der Waals surface area contributed by atoms with Gasteiger partial charge in [0.15, 0.2) is 0 Å². The fraction of sp³-hybridized carbons (Fsp3) is 0.455. The van der Waals surface area contributed by atoms with Crippen molar-refractivity contribution in [3.8, 4) is 6.07 Å². The van der Waals surface area contributed by atoms with Crippen molar-refractivity contribution in [1.82, 2.24) is 10.3 Å². The number of alkyl halides is 1. The first-order valence-corrected chi connectivity index (χ1v) is 5.01. The molecule has 0 aliphatic carbocycles. The number of nitrogens with zero attached hydrogens (tertiary/aromatic N) is 2. The molecule has 0 radical (unpaired) electrons. The number of rotatable bonds is 1. The van der Waals surface area contributed by atoms with Crippen molar-refractivity contribution < 1.29 is 4.39 Å². The number of piperidine rings is 1. The van der Waals surface area contributed by atoms with Gasteiger partial charge in [0.25, 0.3) is 0 Å². The first kappa shape index (κ1) is 10.1. The molecule has 4 heteroatoms. The van der Waals surface area contributed by atoms with E-state index in [1.807, 2.05) is 0 Å². The van der Waals surface area contributed by atoms with E-state index in [2.05, 4.69) is 16.4 Å². The Balaban J connectivity index is 2.31. The van der Waals surface area contributed by atoms with Crippen molar-refractivity contribution in [3.05, 3.63) is 29.6 Å². The molecule has 0 saturated carbocycles. The summed E-state index contributed by atoms with van der Waals surface area (Å²) in [5.74, 6) is -0.163. The van der Waals surface area contributed by atoms with Gasteiger partial charge in [-0.2, -0.15) is 5.26 Å². The molecule has 1 N–H and O–H groups in total. The van der Waals surface area contributed by atoms with Crippen LogP contribution in [0.4, 0.5) is 4.39 Å². The maximum absolute atomic E-state index is 13.7. The van der Waals surface area contributed by atoms with Crippen molar-refractivity contribution in [3.63, 3.8) is 0 Å². The smallest absolute Gasteiger partial charge is 0.119 e. The lowest BCUT2D eigenvalue weighted by Crippen LogP contribution is -2.37. The highest BCUT2D eigenvalue weighted by Crippen LogP contribution is 2.29. The fourth-order valence-electron chi connectivity index (χ4n) is 1.99. The van der Waals surface area contributed by atoms with E-state index in [1.54, 1.807) is 12.3 Å². The summed E-state index contributed by atoms with van der Waals surface area (Å²) in [4.78, 5) is 3.88. The van der Waals surface area contributed by atoms with E-state index in [0.717, 1.165) is 18.5 Å². The lowest BCUT2D eigenvalue weighted by Gasteiger charge is -2.27. The van der Waals surface area contributed by atoms with Gasteiger partial charge in [0.2, 0.25) is 0 Å². The molecular formula is C11H12FN3. The molecule has 3 nitrogen and oxygen atoms in total. The maximum Gasteiger partial charge on any atom is 0.119 e. The largest absolute Gasteiger partial charge is 0.314 e. The van der Waals surface area contributed by atoms with Crippen LogP contribution < -0.4 is 5.32 Å². The molecule has 78 valence electrons. The molecule has 2 rings (SSSR count). The van der Waals surface area contributed by atoms with Gasteiger partial charge < -0.3 is 5.32 Å². The van der Waals surface area contributed by atoms with E-state index < -0.39 is 6.17 Å². The van der Waals surface area contributed by atoms with Crippen LogP contribution in [0.3, 0.4) is 0 Å². The van der Waals surface area contributed by atoms with Gasteiger partial charge in [-0.15, -0.1) is 0 Å². The van der Waals surface area contributed by atoms with Crippen molar-refractivity contribution >= 4 is 0 Å². The van der Waals surface area contributed by atoms with E-state index in [9.17, 15) is 4.39 Å². The maximum atomic E-state index is 13.7. The Morgan fingerprint density at radius 3 is 3.20 bits per heavy atom. The van der Waals surface area contributed by atoms with Gasteiger partial charge in [-0.3, -0.25) is 4.98 Å². The summed E-state index contributed by atoms with van der Waals surface area (Å²) in [6.07, 6.45) is 2.95. The molecule has 1 fully saturated rings. The van der Waals surface area contributed by atoms with Crippen LogP contribution in [0, 0.1) is 11.3 Å². The van der Waals surface area contributed by atoms with Gasteiger partial charge in [0.1, 0.15) is 12.2 Å². The van der Waals surface area contributed by atoms with Crippen LogP contribution in [0.2, 0.25) is 0 Å². The average molecular weight is 205 g/mol. The molecule has 0 bridgehead atoms. The van der Waals surface area contributed by atoms with Gasteiger partial charge >= 0.3 is 0 Å². The number of pyridine rings is 1. The second-order valence-corrected chi connectivity index (χ2v) is 3.69. The molecule has 1 saturated heterocycles. The van der Waals surface area contributed by atoms with Gasteiger partial charge in [-0.05, 0) is 24.6 Å². The zero-order chi connectivity index (χ0) is 10.7. The van der Waals surface area contributed by atoms with E-state index in [-0.39, 0.29) is 5.92 Å². The second kappa shape index (κ2) is 4.37. The molecular weight excluding hydrogens is 193 g/mol. The Labute approximate surface area is 87.9 Å². The number of nitrogens with one attached hydrogen (secondary N) is 1. The molecule has 2 atom stereocenters. The van der Waals surface area contributed by atoms with Crippen molar-refractivity contribution in [2.24, 2.45) is 0 Å². The molecule has 0 spiro atoms. The standard InChI is InChI=1S/C11H12FN3/c12-11-7-15-4-2-10(11)9-1-3-14-6-8(9)5-13/h1,3,6,10-11,15H,2,4,7H2. The molecule has 2 unspecified atom stereocenters. The number of halogens is 1. The lowest BCUT2D eigenvalue weighted by atomic mass is 9.87. The number of nitriles is 1. The Kier molecular flexibility index (Phi) is 2.93. The first-order chi connectivity index (χ1) is 7.33. The minimum atomic E-state index is -0.909. The first-order valence-electron chi connectivity index (χ1n) is 5.01. The highest BCUT2D eigenvalue weighted by Gasteiger charge is 2.27. The summed E-state index contributed by atoms with van der Waals surface area (Å²) in [7, 11) is 0. The SMILES string of the molecule is N#Cc1cnccc1C1CCNCC1F. The number of hydrogen-bond donors (Lipinski definition) is 1. The predicted octanol–water partition coefficient (Wildman–Crippen LogP) is 1.37. The highest BCUT2D eigenvalue weighted by atomic mass is 19.1. The van der Waals surface area contributed by atoms with Crippen LogP contribution in [-0.2, 0) is 0 Å². The number of aromatic nitrogens is 1. The quantitative estimate of drug-likeness (QED) is 0.753. The third-order valence-electron chi connectivity index (χ3n) is 2.78. The van der Waals surface area contributed by atoms with Crippen molar-refractivity contribution in [2.75, 3.05) is 13.1 Å². The van der Waals surface area contributed by atoms with Gasteiger partial charge in [0.05, 0.1) is 5.56 Å². The second-order valence-electron chi connectivity index (χ2n) is 3.69. The van der Waals surface area contributed by atoms with Crippen LogP contribution in [0.1, 0.15) is 23.5 Å². The fourth-order valence-corrected chi connectivity index (χ4v) is 1.99. The third-order valence-corrected chi connectivity index (χ3v) is 2.78. The van der Waals surface area contributed by atoms with E-state index in [0.29, 0.717) is 12.1 Å². The van der Waals surface area contributed by atoms with Gasteiger partial charge in [-0.25, -0.2) is 4.39 Å². The van der Waals surface area contributed by atoms with Crippen molar-refractivity contribution in [1.29, 1.82) is 5.26 Å². The Morgan fingerprint density at radius 2 is 2.47 bits per heavy atom. The molecule has 1 aromatic rings. The Bertz CT molecular complexity index is 386. The molecule has 1 aliphatic rings. The molecule has 1 aromatic heterocycles. The summed E-state index contributed by atoms with van der Waals surface area (Å²) in [6.45, 7) is 1.18. The molecule has 0 amide bonds. The van der Waals surface area contributed by atoms with E-state index in [4.69, 9.17) is 5.26 Å². The average Bonchev–Trinajstić information content (AvgIpc) is 2.30. The van der Waals surface area contributed by atoms with Crippen LogP contribution in [-0.4, -0.2) is 24.2 Å². The third kappa shape index (κ3) is 1.97. The van der Waals surface area contributed by atoms with Gasteiger partial charge in [0, 0.05) is 24.9 Å². The zero-order valence-electron chi connectivity index (χ0n) is 8.28. The molecule has 0 aromatic carbocycles. The minimum Gasteiger partial charge on any atom is -0.314 e. The topological polar surface area (TPSA) is 48.7 Å². The normalized spacial score (nSPS) is 25.9. The van der Waals surface area contributed by atoms with Crippen LogP contribution in [0.5, 0.6) is 0 Å². The van der Waals surface area contributed by atoms with Crippen LogP contribution in [0.15, 0.2) is 18.5 Å². The number of hydrogen-bond acceptors (Lipinski definition) is 3. The molecule has 1 aliphatic heterocycles. The van der Waals surface area contributed by atoms with Crippen LogP contribution >= 0.6 is 0 Å². The summed E-state index contributed by atoms with van der Waals surface area (Å²) in [5.41, 5.74) is 1.29. The lowest BCUT2D eigenvalue weighted by molar-refractivity contribution is 0.231. The molecule has 15 heavy (non-hydrogen) atoms. The van der Waals surface area contributed by atoms with Gasteiger partial charge in [-0.1, -0.05) is 0 Å². The summed E-state index contributed by atoms with van der Waals surface area (Å²) in [6, 6.07) is 3.81. The van der Waals surface area contributed by atoms with Crippen LogP contribution in [0.25, 0.3) is 0 Å². The Morgan fingerprint density at radius 1 is 1.60 bits per heavy atom. The van der Waals surface area contributed by atoms with E-state index >= 15 is 0 Å². The Hall–Kier alpha value is -1.47. The van der Waals surface area contributed by atoms with E-state index in [1.165, 1.54) is 6.20 Å². The predicted molar refractivity (Wildman–Crippen MR) is 54.1 cm³/mol. The minimum absolute atomic E-state index is 0.163. The summed E-state index contributed by atoms with van der Waals surface area (Å²) >= 11 is 0. The monoisotopic (exact) mass is 205 g/mol. The summed E-state index contributed by atoms with van der Waals surface area (Å²) < 4.78 is 13.7. The highest BCUT2D eigenvalue weighted by molar-refractivity contribution is 5.38. The zero-order valence-corrected chi connectivity index (χ0v) is 8.28.